The van der Waals surface area contributed by atoms with E-state index < -0.39 is 11.9 Å². The predicted octanol–water partition coefficient (Wildman–Crippen LogP) is 3.08. The van der Waals surface area contributed by atoms with E-state index in [0.717, 1.165) is 17.0 Å². The highest BCUT2D eigenvalue weighted by atomic mass is 19.4. The third kappa shape index (κ3) is 2.54. The minimum Gasteiger partial charge on any atom is -0.398 e. The largest absolute Gasteiger partial charge is 0.435 e. The number of nitrogens with two attached hydrogens (primary N) is 1. The molecule has 21 heavy (non-hydrogen) atoms. The molecule has 0 bridgehead atoms. The number of aromatic nitrogens is 3. The van der Waals surface area contributed by atoms with Crippen LogP contribution >= 0.6 is 0 Å². The molecule has 0 aliphatic heterocycles. The van der Waals surface area contributed by atoms with Gasteiger partial charge in [0.25, 0.3) is 0 Å². The number of alkyl halides is 3. The molecule has 1 aromatic carbocycles. The lowest BCUT2D eigenvalue weighted by atomic mass is 10.1. The van der Waals surface area contributed by atoms with Crippen LogP contribution in [0.3, 0.4) is 0 Å². The Morgan fingerprint density at radius 3 is 2.67 bits per heavy atom. The summed E-state index contributed by atoms with van der Waals surface area (Å²) < 4.78 is 38.9. The smallest absolute Gasteiger partial charge is 0.398 e. The number of halogens is 3. The molecular formula is C14H11F3N4. The number of benzene rings is 1. The van der Waals surface area contributed by atoms with Gasteiger partial charge in [0.2, 0.25) is 0 Å². The van der Waals surface area contributed by atoms with Crippen molar-refractivity contribution in [3.63, 3.8) is 0 Å². The van der Waals surface area contributed by atoms with E-state index in [-0.39, 0.29) is 6.54 Å². The maximum atomic E-state index is 12.5. The van der Waals surface area contributed by atoms with E-state index >= 15 is 0 Å². The minimum atomic E-state index is -4.44. The molecule has 0 spiro atoms. The number of anilines is 1. The molecule has 3 rings (SSSR count). The van der Waals surface area contributed by atoms with Crippen molar-refractivity contribution >= 4 is 16.6 Å². The fourth-order valence-corrected chi connectivity index (χ4v) is 2.16. The lowest BCUT2D eigenvalue weighted by Crippen LogP contribution is -2.09. The van der Waals surface area contributed by atoms with Gasteiger partial charge in [0.1, 0.15) is 0 Å². The average Bonchev–Trinajstić information content (AvgIpc) is 2.91. The molecule has 0 unspecified atom stereocenters. The van der Waals surface area contributed by atoms with Crippen LogP contribution in [0.15, 0.2) is 42.7 Å². The Kier molecular flexibility index (Phi) is 3.04. The summed E-state index contributed by atoms with van der Waals surface area (Å²) in [5.74, 6) is 0. The highest BCUT2D eigenvalue weighted by Gasteiger charge is 2.33. The topological polar surface area (TPSA) is 56.7 Å². The zero-order valence-electron chi connectivity index (χ0n) is 10.8. The zero-order chi connectivity index (χ0) is 15.0. The van der Waals surface area contributed by atoms with Crippen molar-refractivity contribution in [2.45, 2.75) is 12.7 Å². The number of fused-ring (bicyclic) bond motifs is 1. The van der Waals surface area contributed by atoms with Crippen LogP contribution in [0, 0.1) is 0 Å². The van der Waals surface area contributed by atoms with Crippen LogP contribution in [0.4, 0.5) is 18.9 Å². The Labute approximate surface area is 118 Å². The van der Waals surface area contributed by atoms with Crippen molar-refractivity contribution in [1.29, 1.82) is 0 Å². The van der Waals surface area contributed by atoms with Crippen molar-refractivity contribution < 1.29 is 13.2 Å². The lowest BCUT2D eigenvalue weighted by molar-refractivity contribution is -0.141. The summed E-state index contributed by atoms with van der Waals surface area (Å²) in [4.78, 5) is 4.25. The maximum Gasteiger partial charge on any atom is 0.435 e. The van der Waals surface area contributed by atoms with Crippen LogP contribution in [-0.2, 0) is 12.7 Å². The van der Waals surface area contributed by atoms with Gasteiger partial charge in [-0.1, -0.05) is 6.07 Å². The molecule has 0 fully saturated rings. The van der Waals surface area contributed by atoms with Crippen LogP contribution in [0.5, 0.6) is 0 Å². The maximum absolute atomic E-state index is 12.5. The molecule has 0 saturated heterocycles. The zero-order valence-corrected chi connectivity index (χ0v) is 10.8. The summed E-state index contributed by atoms with van der Waals surface area (Å²) >= 11 is 0. The van der Waals surface area contributed by atoms with Gasteiger partial charge in [0.15, 0.2) is 5.69 Å². The summed E-state index contributed by atoms with van der Waals surface area (Å²) in [5.41, 5.74) is 6.97. The highest BCUT2D eigenvalue weighted by Crippen LogP contribution is 2.28. The first-order chi connectivity index (χ1) is 9.95. The summed E-state index contributed by atoms with van der Waals surface area (Å²) in [7, 11) is 0. The first-order valence-corrected chi connectivity index (χ1v) is 6.18. The standard InChI is InChI=1S/C14H11F3N4/c15-14(16,17)12-5-7-21(20-12)8-9-3-4-11(18)10-2-1-6-19-13(9)10/h1-7H,8,18H2. The van der Waals surface area contributed by atoms with Crippen LogP contribution in [0.1, 0.15) is 11.3 Å². The summed E-state index contributed by atoms with van der Waals surface area (Å²) in [6.45, 7) is 0.198. The Bertz CT molecular complexity index is 792. The fourth-order valence-electron chi connectivity index (χ4n) is 2.16. The van der Waals surface area contributed by atoms with Gasteiger partial charge in [-0.2, -0.15) is 18.3 Å². The second-order valence-electron chi connectivity index (χ2n) is 4.61. The lowest BCUT2D eigenvalue weighted by Gasteiger charge is -2.08. The van der Waals surface area contributed by atoms with Crippen LogP contribution in [0.25, 0.3) is 10.9 Å². The van der Waals surface area contributed by atoms with E-state index in [1.807, 2.05) is 6.07 Å². The van der Waals surface area contributed by atoms with E-state index in [1.165, 1.54) is 10.9 Å². The first-order valence-electron chi connectivity index (χ1n) is 6.18. The molecule has 0 amide bonds. The van der Waals surface area contributed by atoms with Crippen molar-refractivity contribution in [3.05, 3.63) is 54.0 Å². The SMILES string of the molecule is Nc1ccc(Cn2ccc(C(F)(F)F)n2)c2ncccc12. The molecule has 0 atom stereocenters. The van der Waals surface area contributed by atoms with E-state index in [1.54, 1.807) is 24.4 Å². The number of pyridine rings is 1. The minimum absolute atomic E-state index is 0.198. The average molecular weight is 292 g/mol. The Morgan fingerprint density at radius 1 is 1.14 bits per heavy atom. The molecule has 2 heterocycles. The van der Waals surface area contributed by atoms with Crippen molar-refractivity contribution in [2.75, 3.05) is 5.73 Å². The normalized spacial score (nSPS) is 12.0. The molecule has 2 aromatic heterocycles. The van der Waals surface area contributed by atoms with Gasteiger partial charge in [-0.15, -0.1) is 0 Å². The predicted molar refractivity (Wildman–Crippen MR) is 72.5 cm³/mol. The Balaban J connectivity index is 1.99. The third-order valence-electron chi connectivity index (χ3n) is 3.15. The van der Waals surface area contributed by atoms with Gasteiger partial charge in [-0.05, 0) is 29.8 Å². The number of rotatable bonds is 2. The molecule has 7 heteroatoms. The fraction of sp³-hybridized carbons (Fsp3) is 0.143. The molecule has 108 valence electrons. The van der Waals surface area contributed by atoms with Crippen LogP contribution in [0.2, 0.25) is 0 Å². The van der Waals surface area contributed by atoms with E-state index in [0.29, 0.717) is 11.2 Å². The molecule has 2 N–H and O–H groups in total. The summed E-state index contributed by atoms with van der Waals surface area (Å²) in [5, 5.41) is 4.31. The van der Waals surface area contributed by atoms with Crippen molar-refractivity contribution in [1.82, 2.24) is 14.8 Å². The van der Waals surface area contributed by atoms with Gasteiger partial charge >= 0.3 is 6.18 Å². The highest BCUT2D eigenvalue weighted by molar-refractivity contribution is 5.92. The molecule has 0 saturated carbocycles. The molecule has 4 nitrogen and oxygen atoms in total. The number of hydrogen-bond donors (Lipinski definition) is 1. The van der Waals surface area contributed by atoms with Crippen molar-refractivity contribution in [2.24, 2.45) is 0 Å². The van der Waals surface area contributed by atoms with Gasteiger partial charge < -0.3 is 5.73 Å². The van der Waals surface area contributed by atoms with E-state index in [9.17, 15) is 13.2 Å². The first kappa shape index (κ1) is 13.4. The van der Waals surface area contributed by atoms with Crippen LogP contribution < -0.4 is 5.73 Å². The van der Waals surface area contributed by atoms with Crippen LogP contribution in [-0.4, -0.2) is 14.8 Å². The molecule has 3 aromatic rings. The second kappa shape index (κ2) is 4.76. The Morgan fingerprint density at radius 2 is 1.95 bits per heavy atom. The van der Waals surface area contributed by atoms with Gasteiger partial charge in [0, 0.05) is 23.5 Å². The Hall–Kier alpha value is -2.57. The van der Waals surface area contributed by atoms with Crippen molar-refractivity contribution in [3.8, 4) is 0 Å². The molecule has 0 radical (unpaired) electrons. The number of hydrogen-bond acceptors (Lipinski definition) is 3. The molecule has 0 aliphatic rings. The van der Waals surface area contributed by atoms with Gasteiger partial charge in [0.05, 0.1) is 12.1 Å². The van der Waals surface area contributed by atoms with Gasteiger partial charge in [-0.3, -0.25) is 9.67 Å². The summed E-state index contributed by atoms with van der Waals surface area (Å²) in [6, 6.07) is 8.00. The summed E-state index contributed by atoms with van der Waals surface area (Å²) in [6.07, 6.45) is -1.52. The third-order valence-corrected chi connectivity index (χ3v) is 3.15. The van der Waals surface area contributed by atoms with E-state index in [2.05, 4.69) is 10.1 Å². The van der Waals surface area contributed by atoms with E-state index in [4.69, 9.17) is 5.73 Å². The second-order valence-corrected chi connectivity index (χ2v) is 4.61. The van der Waals surface area contributed by atoms with Gasteiger partial charge in [-0.25, -0.2) is 0 Å². The molecular weight excluding hydrogens is 281 g/mol. The monoisotopic (exact) mass is 292 g/mol. The quantitative estimate of drug-likeness (QED) is 0.738. The molecule has 0 aliphatic carbocycles. The number of nitrogen functional groups attached to an aromatic ring is 1. The number of nitrogens with zero attached hydrogens (tertiary/aromatic N) is 3.